The molecule has 1 fully saturated rings. The van der Waals surface area contributed by atoms with Crippen molar-refractivity contribution in [2.45, 2.75) is 45.1 Å². The van der Waals surface area contributed by atoms with Gasteiger partial charge in [-0.2, -0.15) is 0 Å². The lowest BCUT2D eigenvalue weighted by Crippen LogP contribution is -2.38. The zero-order chi connectivity index (χ0) is 20.6. The number of carbonyl (C=O) groups is 3. The number of carbonyl (C=O) groups excluding carboxylic acids is 3. The topological polar surface area (TPSA) is 81.7 Å². The fourth-order valence-corrected chi connectivity index (χ4v) is 3.44. The maximum absolute atomic E-state index is 12.3. The SMILES string of the molecule is CC(=O)Oc1ccc(-c2cccc(C(=O)OCC(=O)NC3CCCCC3)c2)cc1. The Balaban J connectivity index is 1.57. The Morgan fingerprint density at radius 2 is 1.69 bits per heavy atom. The van der Waals surface area contributed by atoms with Crippen LogP contribution in [0.1, 0.15) is 49.4 Å². The van der Waals surface area contributed by atoms with E-state index < -0.39 is 5.97 Å². The Labute approximate surface area is 170 Å². The molecule has 0 heterocycles. The first-order valence-electron chi connectivity index (χ1n) is 9.86. The number of benzene rings is 2. The lowest BCUT2D eigenvalue weighted by atomic mass is 9.95. The van der Waals surface area contributed by atoms with Gasteiger partial charge in [-0.3, -0.25) is 9.59 Å². The minimum atomic E-state index is -0.540. The van der Waals surface area contributed by atoms with E-state index in [9.17, 15) is 14.4 Å². The molecule has 2 aromatic rings. The van der Waals surface area contributed by atoms with E-state index >= 15 is 0 Å². The summed E-state index contributed by atoms with van der Waals surface area (Å²) in [5.74, 6) is -0.722. The fraction of sp³-hybridized carbons (Fsp3) is 0.348. The first-order valence-corrected chi connectivity index (χ1v) is 9.86. The second-order valence-corrected chi connectivity index (χ2v) is 7.18. The molecular weight excluding hydrogens is 370 g/mol. The van der Waals surface area contributed by atoms with Crippen molar-refractivity contribution in [3.05, 3.63) is 54.1 Å². The average Bonchev–Trinajstić information content (AvgIpc) is 2.73. The van der Waals surface area contributed by atoms with Crippen molar-refractivity contribution in [1.82, 2.24) is 5.32 Å². The van der Waals surface area contributed by atoms with Crippen LogP contribution in [0.4, 0.5) is 0 Å². The van der Waals surface area contributed by atoms with Crippen LogP contribution in [0, 0.1) is 0 Å². The first-order chi connectivity index (χ1) is 14.0. The summed E-state index contributed by atoms with van der Waals surface area (Å²) < 4.78 is 10.2. The second-order valence-electron chi connectivity index (χ2n) is 7.18. The predicted octanol–water partition coefficient (Wildman–Crippen LogP) is 3.88. The van der Waals surface area contributed by atoms with Crippen LogP contribution in [0.25, 0.3) is 11.1 Å². The van der Waals surface area contributed by atoms with Gasteiger partial charge in [0.15, 0.2) is 6.61 Å². The Bertz CT molecular complexity index is 869. The Morgan fingerprint density at radius 1 is 0.966 bits per heavy atom. The molecule has 0 aromatic heterocycles. The van der Waals surface area contributed by atoms with E-state index in [1.807, 2.05) is 6.07 Å². The molecule has 1 aliphatic carbocycles. The third kappa shape index (κ3) is 6.17. The Morgan fingerprint density at radius 3 is 2.38 bits per heavy atom. The largest absolute Gasteiger partial charge is 0.452 e. The van der Waals surface area contributed by atoms with Crippen LogP contribution in [0.5, 0.6) is 5.75 Å². The van der Waals surface area contributed by atoms with Gasteiger partial charge in [0, 0.05) is 13.0 Å². The van der Waals surface area contributed by atoms with E-state index in [2.05, 4.69) is 5.32 Å². The zero-order valence-corrected chi connectivity index (χ0v) is 16.5. The molecule has 0 bridgehead atoms. The monoisotopic (exact) mass is 395 g/mol. The molecule has 29 heavy (non-hydrogen) atoms. The Hall–Kier alpha value is -3.15. The van der Waals surface area contributed by atoms with Crippen molar-refractivity contribution in [2.24, 2.45) is 0 Å². The molecule has 1 amide bonds. The summed E-state index contributed by atoms with van der Waals surface area (Å²) >= 11 is 0. The highest BCUT2D eigenvalue weighted by atomic mass is 16.5. The predicted molar refractivity (Wildman–Crippen MR) is 108 cm³/mol. The van der Waals surface area contributed by atoms with Crippen molar-refractivity contribution in [1.29, 1.82) is 0 Å². The number of hydrogen-bond donors (Lipinski definition) is 1. The summed E-state index contributed by atoms with van der Waals surface area (Å²) in [6.45, 7) is 1.06. The summed E-state index contributed by atoms with van der Waals surface area (Å²) in [6, 6.07) is 14.2. The van der Waals surface area contributed by atoms with Crippen molar-refractivity contribution in [2.75, 3.05) is 6.61 Å². The lowest BCUT2D eigenvalue weighted by Gasteiger charge is -2.22. The first kappa shape index (κ1) is 20.6. The molecular formula is C23H25NO5. The highest BCUT2D eigenvalue weighted by Gasteiger charge is 2.17. The van der Waals surface area contributed by atoms with E-state index in [1.54, 1.807) is 42.5 Å². The minimum absolute atomic E-state index is 0.188. The molecule has 0 aliphatic heterocycles. The van der Waals surface area contributed by atoms with Crippen molar-refractivity contribution >= 4 is 17.8 Å². The van der Waals surface area contributed by atoms with E-state index in [-0.39, 0.29) is 24.5 Å². The van der Waals surface area contributed by atoms with E-state index in [1.165, 1.54) is 13.3 Å². The molecule has 2 aromatic carbocycles. The van der Waals surface area contributed by atoms with Gasteiger partial charge in [-0.15, -0.1) is 0 Å². The van der Waals surface area contributed by atoms with Gasteiger partial charge in [0.1, 0.15) is 5.75 Å². The van der Waals surface area contributed by atoms with E-state index in [0.29, 0.717) is 11.3 Å². The van der Waals surface area contributed by atoms with Gasteiger partial charge in [0.05, 0.1) is 5.56 Å². The third-order valence-electron chi connectivity index (χ3n) is 4.85. The molecule has 0 saturated heterocycles. The smallest absolute Gasteiger partial charge is 0.338 e. The molecule has 6 heteroatoms. The van der Waals surface area contributed by atoms with Gasteiger partial charge in [-0.05, 0) is 48.2 Å². The number of ether oxygens (including phenoxy) is 2. The summed E-state index contributed by atoms with van der Waals surface area (Å²) in [5, 5.41) is 2.93. The minimum Gasteiger partial charge on any atom is -0.452 e. The molecule has 1 aliphatic rings. The molecule has 1 saturated carbocycles. The van der Waals surface area contributed by atoms with Gasteiger partial charge in [0.25, 0.3) is 5.91 Å². The van der Waals surface area contributed by atoms with Crippen LogP contribution in [-0.2, 0) is 14.3 Å². The molecule has 0 spiro atoms. The maximum atomic E-state index is 12.3. The zero-order valence-electron chi connectivity index (χ0n) is 16.5. The van der Waals surface area contributed by atoms with Crippen LogP contribution in [-0.4, -0.2) is 30.5 Å². The van der Waals surface area contributed by atoms with Crippen LogP contribution in [0.2, 0.25) is 0 Å². The van der Waals surface area contributed by atoms with Crippen LogP contribution in [0.15, 0.2) is 48.5 Å². The van der Waals surface area contributed by atoms with Gasteiger partial charge in [0.2, 0.25) is 0 Å². The highest BCUT2D eigenvalue weighted by molar-refractivity contribution is 5.92. The highest BCUT2D eigenvalue weighted by Crippen LogP contribution is 2.24. The van der Waals surface area contributed by atoms with Crippen molar-refractivity contribution in [3.63, 3.8) is 0 Å². The van der Waals surface area contributed by atoms with E-state index in [0.717, 1.165) is 36.8 Å². The average molecular weight is 395 g/mol. The molecule has 0 atom stereocenters. The van der Waals surface area contributed by atoms with Gasteiger partial charge < -0.3 is 14.8 Å². The summed E-state index contributed by atoms with van der Waals surface area (Å²) in [7, 11) is 0. The number of nitrogens with one attached hydrogen (secondary N) is 1. The van der Waals surface area contributed by atoms with E-state index in [4.69, 9.17) is 9.47 Å². The molecule has 6 nitrogen and oxygen atoms in total. The quantitative estimate of drug-likeness (QED) is 0.593. The van der Waals surface area contributed by atoms with Crippen LogP contribution < -0.4 is 10.1 Å². The normalized spacial score (nSPS) is 14.1. The molecule has 0 radical (unpaired) electrons. The lowest BCUT2D eigenvalue weighted by molar-refractivity contribution is -0.132. The van der Waals surface area contributed by atoms with Gasteiger partial charge >= 0.3 is 11.9 Å². The maximum Gasteiger partial charge on any atom is 0.338 e. The molecule has 3 rings (SSSR count). The van der Waals surface area contributed by atoms with Gasteiger partial charge in [-0.1, -0.05) is 43.5 Å². The molecule has 0 unspecified atom stereocenters. The van der Waals surface area contributed by atoms with Crippen LogP contribution >= 0.6 is 0 Å². The number of esters is 2. The van der Waals surface area contributed by atoms with Crippen molar-refractivity contribution < 1.29 is 23.9 Å². The number of rotatable bonds is 6. The summed E-state index contributed by atoms with van der Waals surface area (Å²) in [6.07, 6.45) is 5.43. The molecule has 1 N–H and O–H groups in total. The van der Waals surface area contributed by atoms with Crippen LogP contribution in [0.3, 0.4) is 0 Å². The summed E-state index contributed by atoms with van der Waals surface area (Å²) in [5.41, 5.74) is 2.06. The third-order valence-corrected chi connectivity index (χ3v) is 4.85. The number of hydrogen-bond acceptors (Lipinski definition) is 5. The molecule has 152 valence electrons. The standard InChI is InChI=1S/C23H25NO5/c1-16(25)29-21-12-10-17(11-13-21)18-6-5-7-19(14-18)23(27)28-15-22(26)24-20-8-3-2-4-9-20/h5-7,10-14,20H,2-4,8-9,15H2,1H3,(H,24,26). The number of amides is 1. The fourth-order valence-electron chi connectivity index (χ4n) is 3.44. The summed E-state index contributed by atoms with van der Waals surface area (Å²) in [4.78, 5) is 35.4. The van der Waals surface area contributed by atoms with Gasteiger partial charge in [-0.25, -0.2) is 4.79 Å². The Kier molecular flexibility index (Phi) is 7.00. The van der Waals surface area contributed by atoms with Crippen molar-refractivity contribution in [3.8, 4) is 16.9 Å². The second kappa shape index (κ2) is 9.87.